The minimum Gasteiger partial charge on any atom is -0.505 e. The highest BCUT2D eigenvalue weighted by atomic mass is 16.3. The van der Waals surface area contributed by atoms with E-state index in [0.717, 1.165) is 0 Å². The number of ketones is 4. The number of nitrogens with zero attached hydrogens (tertiary/aromatic N) is 1. The number of benzene rings is 1. The predicted molar refractivity (Wildman–Crippen MR) is 153 cm³/mol. The molecular weight excluding hydrogens is 544 g/mol. The van der Waals surface area contributed by atoms with E-state index in [2.05, 4.69) is 10.6 Å². The van der Waals surface area contributed by atoms with Gasteiger partial charge in [0.15, 0.2) is 34.7 Å². The van der Waals surface area contributed by atoms with Gasteiger partial charge in [-0.15, -0.1) is 0 Å². The second-order valence-electron chi connectivity index (χ2n) is 13.3. The molecule has 12 nitrogen and oxygen atoms in total. The number of aromatic hydroxyl groups is 1. The molecule has 3 aliphatic rings. The zero-order valence-corrected chi connectivity index (χ0v) is 25.0. The molecule has 6 N–H and O–H groups in total. The molecule has 0 spiro atoms. The smallest absolute Gasteiger partial charge is 0.238 e. The van der Waals surface area contributed by atoms with Crippen LogP contribution in [-0.2, 0) is 30.4 Å². The van der Waals surface area contributed by atoms with Crippen molar-refractivity contribution in [1.82, 2.24) is 5.32 Å². The number of Topliss-reactive ketones (excluding diaryl/α,β-unsaturated/α-hetero) is 4. The van der Waals surface area contributed by atoms with Crippen molar-refractivity contribution in [2.24, 2.45) is 41.2 Å². The number of aliphatic hydroxyl groups is 1. The van der Waals surface area contributed by atoms with Crippen molar-refractivity contribution in [3.63, 3.8) is 0 Å². The number of fused-ring (bicyclic) bond motifs is 3. The van der Waals surface area contributed by atoms with Crippen LogP contribution < -0.4 is 21.3 Å². The van der Waals surface area contributed by atoms with Gasteiger partial charge in [0.25, 0.3) is 0 Å². The SMILES string of the molecule is CC(C)[C@@H]1C(=O)C(C(N)=O)C(=O)C2(O)C(=O)C3C(=O)c4c(O)c(NC(=O)CNC(C)(C)C)cc(N(C)C)c4C[C@H]3C[C@@H]12. The summed E-state index contributed by atoms with van der Waals surface area (Å²) in [5, 5.41) is 28.7. The minimum atomic E-state index is -2.76. The maximum atomic E-state index is 14.1. The average Bonchev–Trinajstić information content (AvgIpc) is 2.85. The molecule has 2 saturated carbocycles. The lowest BCUT2D eigenvalue weighted by molar-refractivity contribution is -0.182. The number of hydrogen-bond acceptors (Lipinski definition) is 10. The molecule has 228 valence electrons. The van der Waals surface area contributed by atoms with Crippen LogP contribution >= 0.6 is 0 Å². The van der Waals surface area contributed by atoms with Crippen LogP contribution in [0.2, 0.25) is 0 Å². The van der Waals surface area contributed by atoms with Crippen LogP contribution in [-0.4, -0.2) is 76.9 Å². The maximum Gasteiger partial charge on any atom is 0.238 e. The molecule has 6 atom stereocenters. The van der Waals surface area contributed by atoms with Crippen LogP contribution in [0, 0.1) is 35.5 Å². The van der Waals surface area contributed by atoms with E-state index in [1.54, 1.807) is 38.9 Å². The lowest BCUT2D eigenvalue weighted by Gasteiger charge is -2.52. The van der Waals surface area contributed by atoms with Gasteiger partial charge in [-0.25, -0.2) is 0 Å². The van der Waals surface area contributed by atoms with Crippen molar-refractivity contribution >= 4 is 46.3 Å². The van der Waals surface area contributed by atoms with Gasteiger partial charge >= 0.3 is 0 Å². The second kappa shape index (κ2) is 10.6. The van der Waals surface area contributed by atoms with Gasteiger partial charge in [0.2, 0.25) is 11.8 Å². The van der Waals surface area contributed by atoms with E-state index in [0.29, 0.717) is 11.3 Å². The molecule has 0 heterocycles. The number of phenolic OH excluding ortho intramolecular Hbond substituents is 1. The number of carbonyl (C=O) groups is 6. The molecular formula is C30H40N4O8. The third-order valence-corrected chi connectivity index (χ3v) is 8.82. The van der Waals surface area contributed by atoms with Crippen LogP contribution in [0.15, 0.2) is 6.07 Å². The molecule has 1 aromatic carbocycles. The number of phenols is 1. The highest BCUT2D eigenvalue weighted by molar-refractivity contribution is 6.32. The van der Waals surface area contributed by atoms with Gasteiger partial charge in [0.05, 0.1) is 23.7 Å². The quantitative estimate of drug-likeness (QED) is 0.233. The third-order valence-electron chi connectivity index (χ3n) is 8.82. The third kappa shape index (κ3) is 4.90. The van der Waals surface area contributed by atoms with Gasteiger partial charge in [-0.3, -0.25) is 28.8 Å². The first-order valence-electron chi connectivity index (χ1n) is 14.1. The molecule has 0 saturated heterocycles. The number of amides is 2. The Hall–Kier alpha value is -3.64. The van der Waals surface area contributed by atoms with Crippen molar-refractivity contribution in [3.05, 3.63) is 17.2 Å². The van der Waals surface area contributed by atoms with E-state index < -0.39 is 81.8 Å². The Kier molecular flexibility index (Phi) is 7.88. The van der Waals surface area contributed by atoms with Crippen molar-refractivity contribution in [3.8, 4) is 5.75 Å². The molecule has 2 fully saturated rings. The fraction of sp³-hybridized carbons (Fsp3) is 0.600. The summed E-state index contributed by atoms with van der Waals surface area (Å²) in [6.45, 7) is 8.99. The second-order valence-corrected chi connectivity index (χ2v) is 13.3. The largest absolute Gasteiger partial charge is 0.505 e. The number of carbonyl (C=O) groups excluding carboxylic acids is 6. The predicted octanol–water partition coefficient (Wildman–Crippen LogP) is 0.602. The van der Waals surface area contributed by atoms with E-state index in [1.807, 2.05) is 20.8 Å². The Morgan fingerprint density at radius 3 is 2.29 bits per heavy atom. The van der Waals surface area contributed by atoms with Crippen molar-refractivity contribution in [2.75, 3.05) is 30.9 Å². The summed E-state index contributed by atoms with van der Waals surface area (Å²) in [6, 6.07) is 1.56. The molecule has 3 aliphatic carbocycles. The van der Waals surface area contributed by atoms with Crippen molar-refractivity contribution < 1.29 is 39.0 Å². The average molecular weight is 585 g/mol. The maximum absolute atomic E-state index is 14.1. The first kappa shape index (κ1) is 31.3. The zero-order chi connectivity index (χ0) is 31.6. The Morgan fingerprint density at radius 2 is 1.76 bits per heavy atom. The van der Waals surface area contributed by atoms with Crippen LogP contribution in [0.5, 0.6) is 5.75 Å². The Bertz CT molecular complexity index is 1390. The molecule has 0 aromatic heterocycles. The summed E-state index contributed by atoms with van der Waals surface area (Å²) in [5.74, 6) is -12.9. The summed E-state index contributed by atoms with van der Waals surface area (Å²) in [7, 11) is 3.47. The van der Waals surface area contributed by atoms with Crippen LogP contribution in [0.3, 0.4) is 0 Å². The molecule has 0 aliphatic heterocycles. The monoisotopic (exact) mass is 584 g/mol. The van der Waals surface area contributed by atoms with E-state index in [1.165, 1.54) is 0 Å². The molecule has 42 heavy (non-hydrogen) atoms. The van der Waals surface area contributed by atoms with Crippen LogP contribution in [0.1, 0.15) is 57.0 Å². The first-order chi connectivity index (χ1) is 19.3. The van der Waals surface area contributed by atoms with E-state index >= 15 is 0 Å². The molecule has 2 amide bonds. The Labute approximate surface area is 244 Å². The summed E-state index contributed by atoms with van der Waals surface area (Å²) in [5.41, 5.74) is 3.05. The van der Waals surface area contributed by atoms with E-state index in [-0.39, 0.29) is 36.2 Å². The van der Waals surface area contributed by atoms with Gasteiger partial charge in [-0.2, -0.15) is 0 Å². The molecule has 3 unspecified atom stereocenters. The number of nitrogens with one attached hydrogen (secondary N) is 2. The minimum absolute atomic E-state index is 0.00547. The molecule has 0 bridgehead atoms. The normalized spacial score (nSPS) is 29.1. The van der Waals surface area contributed by atoms with Crippen LogP contribution in [0.4, 0.5) is 11.4 Å². The highest BCUT2D eigenvalue weighted by Crippen LogP contribution is 2.54. The van der Waals surface area contributed by atoms with Crippen LogP contribution in [0.25, 0.3) is 0 Å². The highest BCUT2D eigenvalue weighted by Gasteiger charge is 2.69. The van der Waals surface area contributed by atoms with Gasteiger partial charge in [-0.05, 0) is 57.1 Å². The summed E-state index contributed by atoms with van der Waals surface area (Å²) < 4.78 is 0. The Balaban J connectivity index is 1.81. The number of hydrogen-bond donors (Lipinski definition) is 5. The summed E-state index contributed by atoms with van der Waals surface area (Å²) in [4.78, 5) is 81.4. The molecule has 12 heteroatoms. The van der Waals surface area contributed by atoms with Crippen molar-refractivity contribution in [1.29, 1.82) is 0 Å². The van der Waals surface area contributed by atoms with Crippen molar-refractivity contribution in [2.45, 2.75) is 58.6 Å². The first-order valence-corrected chi connectivity index (χ1v) is 14.1. The van der Waals surface area contributed by atoms with E-state index in [4.69, 9.17) is 5.73 Å². The fourth-order valence-corrected chi connectivity index (χ4v) is 6.94. The lowest BCUT2D eigenvalue weighted by atomic mass is 9.50. The standard InChI is InChI=1S/C30H40N4O8/c1-12(2)19-15-9-13-8-14-17(34(6)7)10-16(33-18(35)11-32-29(3,4)5)23(36)21(14)25(38)20(13)26(39)30(15,42)27(40)22(24(19)37)28(31)41/h10,12-13,15,19-20,22,32,36,42H,8-9,11H2,1-7H3,(H2,31,41)(H,33,35)/t13-,15-,19-,20?,22?,30?/m0/s1. The number of nitrogens with two attached hydrogens (primary N) is 1. The summed E-state index contributed by atoms with van der Waals surface area (Å²) >= 11 is 0. The van der Waals surface area contributed by atoms with Gasteiger partial charge in [0.1, 0.15) is 5.75 Å². The number of rotatable bonds is 6. The lowest BCUT2D eigenvalue weighted by Crippen LogP contribution is -2.71. The topological polar surface area (TPSA) is 196 Å². The zero-order valence-electron chi connectivity index (χ0n) is 25.0. The number of anilines is 2. The number of primary amides is 1. The molecule has 4 rings (SSSR count). The van der Waals surface area contributed by atoms with Gasteiger partial charge in [0, 0.05) is 37.2 Å². The van der Waals surface area contributed by atoms with Gasteiger partial charge in [-0.1, -0.05) is 13.8 Å². The Morgan fingerprint density at radius 1 is 1.14 bits per heavy atom. The molecule has 0 radical (unpaired) electrons. The fourth-order valence-electron chi connectivity index (χ4n) is 6.94. The van der Waals surface area contributed by atoms with E-state index in [9.17, 15) is 39.0 Å². The summed E-state index contributed by atoms with van der Waals surface area (Å²) in [6.07, 6.45) is 0.131. The molecule has 1 aromatic rings. The van der Waals surface area contributed by atoms with Gasteiger partial charge < -0.3 is 31.5 Å².